The minimum atomic E-state index is -0.376. The van der Waals surface area contributed by atoms with E-state index in [-0.39, 0.29) is 23.7 Å². The predicted octanol–water partition coefficient (Wildman–Crippen LogP) is 1.52. The van der Waals surface area contributed by atoms with Crippen LogP contribution in [0, 0.1) is 13.8 Å². The molecule has 24 heavy (non-hydrogen) atoms. The first-order chi connectivity index (χ1) is 11.5. The summed E-state index contributed by atoms with van der Waals surface area (Å²) >= 11 is 0. The van der Waals surface area contributed by atoms with Gasteiger partial charge >= 0.3 is 0 Å². The summed E-state index contributed by atoms with van der Waals surface area (Å²) in [5.74, 6) is 0.242. The Morgan fingerprint density at radius 2 is 2.12 bits per heavy atom. The number of aromatic nitrogens is 2. The Balaban J connectivity index is 2.03. The SMILES string of the molecule is COCCn1ccc(=O)c(OCC(=O)Nc2cc(C)ccn2)c1C. The van der Waals surface area contributed by atoms with Crippen molar-refractivity contribution >= 4 is 11.7 Å². The zero-order valence-electron chi connectivity index (χ0n) is 14.0. The molecular formula is C17H21N3O4. The van der Waals surface area contributed by atoms with Gasteiger partial charge in [-0.2, -0.15) is 0 Å². The molecule has 7 heteroatoms. The number of amides is 1. The number of pyridine rings is 2. The Hall–Kier alpha value is -2.67. The molecule has 0 aliphatic rings. The van der Waals surface area contributed by atoms with Crippen molar-refractivity contribution in [2.45, 2.75) is 20.4 Å². The van der Waals surface area contributed by atoms with Gasteiger partial charge in [-0.15, -0.1) is 0 Å². The molecule has 0 spiro atoms. The Bertz CT molecular complexity index is 771. The largest absolute Gasteiger partial charge is 0.478 e. The molecular weight excluding hydrogens is 310 g/mol. The van der Waals surface area contributed by atoms with Crippen LogP contribution in [-0.4, -0.2) is 35.8 Å². The van der Waals surface area contributed by atoms with E-state index in [1.54, 1.807) is 32.5 Å². The first-order valence-electron chi connectivity index (χ1n) is 7.55. The van der Waals surface area contributed by atoms with E-state index in [0.717, 1.165) is 5.56 Å². The second kappa shape index (κ2) is 8.26. The highest BCUT2D eigenvalue weighted by Gasteiger charge is 2.11. The van der Waals surface area contributed by atoms with Crippen molar-refractivity contribution in [2.75, 3.05) is 25.6 Å². The minimum Gasteiger partial charge on any atom is -0.478 e. The lowest BCUT2D eigenvalue weighted by Gasteiger charge is -2.14. The molecule has 0 saturated heterocycles. The highest BCUT2D eigenvalue weighted by atomic mass is 16.5. The smallest absolute Gasteiger partial charge is 0.263 e. The van der Waals surface area contributed by atoms with Gasteiger partial charge in [0.15, 0.2) is 12.4 Å². The molecule has 0 aliphatic carbocycles. The second-order valence-electron chi connectivity index (χ2n) is 5.34. The number of carbonyl (C=O) groups excluding carboxylic acids is 1. The lowest BCUT2D eigenvalue weighted by molar-refractivity contribution is -0.118. The fourth-order valence-corrected chi connectivity index (χ4v) is 2.18. The molecule has 1 amide bonds. The standard InChI is InChI=1S/C17H21N3O4/c1-12-4-6-18-15(10-12)19-16(22)11-24-17-13(2)20(8-9-23-3)7-5-14(17)21/h4-7,10H,8-9,11H2,1-3H3,(H,18,19,22). The number of hydrogen-bond donors (Lipinski definition) is 1. The molecule has 7 nitrogen and oxygen atoms in total. The van der Waals surface area contributed by atoms with E-state index >= 15 is 0 Å². The Morgan fingerprint density at radius 1 is 1.33 bits per heavy atom. The van der Waals surface area contributed by atoms with E-state index in [1.807, 2.05) is 17.6 Å². The maximum absolute atomic E-state index is 12.0. The molecule has 0 radical (unpaired) electrons. The van der Waals surface area contributed by atoms with Crippen LogP contribution in [-0.2, 0) is 16.1 Å². The number of hydrogen-bond acceptors (Lipinski definition) is 5. The maximum Gasteiger partial charge on any atom is 0.263 e. The van der Waals surface area contributed by atoms with Crippen LogP contribution in [0.3, 0.4) is 0 Å². The van der Waals surface area contributed by atoms with Gasteiger partial charge in [0, 0.05) is 32.1 Å². The summed E-state index contributed by atoms with van der Waals surface area (Å²) < 4.78 is 12.3. The van der Waals surface area contributed by atoms with Gasteiger partial charge < -0.3 is 19.4 Å². The summed E-state index contributed by atoms with van der Waals surface area (Å²) in [6.45, 7) is 4.52. The average molecular weight is 331 g/mol. The van der Waals surface area contributed by atoms with Crippen LogP contribution in [0.4, 0.5) is 5.82 Å². The number of aryl methyl sites for hydroxylation is 1. The lowest BCUT2D eigenvalue weighted by atomic mass is 10.3. The van der Waals surface area contributed by atoms with E-state index < -0.39 is 0 Å². The molecule has 1 N–H and O–H groups in total. The number of methoxy groups -OCH3 is 1. The highest BCUT2D eigenvalue weighted by molar-refractivity contribution is 5.91. The van der Waals surface area contributed by atoms with Gasteiger partial charge in [0.05, 0.1) is 12.3 Å². The third kappa shape index (κ3) is 4.66. The van der Waals surface area contributed by atoms with E-state index in [2.05, 4.69) is 10.3 Å². The topological polar surface area (TPSA) is 82.5 Å². The molecule has 128 valence electrons. The third-order valence-electron chi connectivity index (χ3n) is 3.46. The molecule has 0 unspecified atom stereocenters. The summed E-state index contributed by atoms with van der Waals surface area (Å²) in [4.78, 5) is 28.0. The molecule has 0 bridgehead atoms. The first-order valence-corrected chi connectivity index (χ1v) is 7.55. The summed E-state index contributed by atoms with van der Waals surface area (Å²) in [5.41, 5.74) is 1.38. The number of rotatable bonds is 7. The fourth-order valence-electron chi connectivity index (χ4n) is 2.18. The first kappa shape index (κ1) is 17.7. The quantitative estimate of drug-likeness (QED) is 0.832. The van der Waals surface area contributed by atoms with Gasteiger partial charge in [-0.3, -0.25) is 9.59 Å². The van der Waals surface area contributed by atoms with E-state index in [4.69, 9.17) is 9.47 Å². The average Bonchev–Trinajstić information content (AvgIpc) is 2.54. The Kier molecular flexibility index (Phi) is 6.08. The van der Waals surface area contributed by atoms with Gasteiger partial charge in [-0.05, 0) is 31.5 Å². The molecule has 0 fully saturated rings. The number of ether oxygens (including phenoxy) is 2. The molecule has 0 saturated carbocycles. The molecule has 0 atom stereocenters. The highest BCUT2D eigenvalue weighted by Crippen LogP contribution is 2.12. The maximum atomic E-state index is 12.0. The summed E-state index contributed by atoms with van der Waals surface area (Å²) in [7, 11) is 1.61. The number of carbonyl (C=O) groups is 1. The van der Waals surface area contributed by atoms with Crippen molar-refractivity contribution in [3.8, 4) is 5.75 Å². The van der Waals surface area contributed by atoms with Gasteiger partial charge in [0.2, 0.25) is 5.43 Å². The number of nitrogens with zero attached hydrogens (tertiary/aromatic N) is 2. The molecule has 0 aromatic carbocycles. The van der Waals surface area contributed by atoms with Gasteiger partial charge in [-0.25, -0.2) is 4.98 Å². The van der Waals surface area contributed by atoms with Crippen LogP contribution >= 0.6 is 0 Å². The van der Waals surface area contributed by atoms with Crippen molar-refractivity contribution in [1.82, 2.24) is 9.55 Å². The lowest BCUT2D eigenvalue weighted by Crippen LogP contribution is -2.24. The molecule has 2 aromatic rings. The van der Waals surface area contributed by atoms with Gasteiger partial charge in [-0.1, -0.05) is 0 Å². The van der Waals surface area contributed by atoms with Crippen LogP contribution in [0.5, 0.6) is 5.75 Å². The molecule has 2 aromatic heterocycles. The van der Waals surface area contributed by atoms with Crippen LogP contribution in [0.2, 0.25) is 0 Å². The summed E-state index contributed by atoms with van der Waals surface area (Å²) in [6, 6.07) is 5.00. The monoisotopic (exact) mass is 331 g/mol. The van der Waals surface area contributed by atoms with Gasteiger partial charge in [0.1, 0.15) is 5.82 Å². The van der Waals surface area contributed by atoms with Crippen molar-refractivity contribution in [3.05, 3.63) is 52.1 Å². The molecule has 2 heterocycles. The van der Waals surface area contributed by atoms with Crippen molar-refractivity contribution in [3.63, 3.8) is 0 Å². The second-order valence-corrected chi connectivity index (χ2v) is 5.34. The van der Waals surface area contributed by atoms with Crippen molar-refractivity contribution in [1.29, 1.82) is 0 Å². The zero-order valence-corrected chi connectivity index (χ0v) is 14.0. The van der Waals surface area contributed by atoms with Crippen LogP contribution < -0.4 is 15.5 Å². The van der Waals surface area contributed by atoms with Crippen molar-refractivity contribution < 1.29 is 14.3 Å². The number of anilines is 1. The van der Waals surface area contributed by atoms with Gasteiger partial charge in [0.25, 0.3) is 5.91 Å². The van der Waals surface area contributed by atoms with Crippen molar-refractivity contribution in [2.24, 2.45) is 0 Å². The Labute approximate surface area is 140 Å². The van der Waals surface area contributed by atoms with Crippen LogP contribution in [0.25, 0.3) is 0 Å². The normalized spacial score (nSPS) is 10.5. The fraction of sp³-hybridized carbons (Fsp3) is 0.353. The zero-order chi connectivity index (χ0) is 17.5. The van der Waals surface area contributed by atoms with Crippen LogP contribution in [0.1, 0.15) is 11.3 Å². The van der Waals surface area contributed by atoms with E-state index in [9.17, 15) is 9.59 Å². The number of nitrogens with one attached hydrogen (secondary N) is 1. The van der Waals surface area contributed by atoms with E-state index in [0.29, 0.717) is 24.7 Å². The summed E-state index contributed by atoms with van der Waals surface area (Å²) in [6.07, 6.45) is 3.29. The molecule has 0 aliphatic heterocycles. The Morgan fingerprint density at radius 3 is 2.83 bits per heavy atom. The van der Waals surface area contributed by atoms with Crippen LogP contribution in [0.15, 0.2) is 35.4 Å². The third-order valence-corrected chi connectivity index (χ3v) is 3.46. The minimum absolute atomic E-state index is 0.168. The van der Waals surface area contributed by atoms with E-state index in [1.165, 1.54) is 6.07 Å². The molecule has 2 rings (SSSR count). The predicted molar refractivity (Wildman–Crippen MR) is 90.4 cm³/mol. The summed E-state index contributed by atoms with van der Waals surface area (Å²) in [5, 5.41) is 2.64.